The zero-order chi connectivity index (χ0) is 74.4. The topological polar surface area (TPSA) is 514 Å². The maximum Gasteiger partial charge on any atom is 3.00 e. The van der Waals surface area contributed by atoms with Crippen molar-refractivity contribution < 1.29 is 168 Å². The quantitative estimate of drug-likeness (QED) is 0.0270. The summed E-state index contributed by atoms with van der Waals surface area (Å²) in [7, 11) is 0. The Kier molecular flexibility index (Phi) is 48.6. The van der Waals surface area contributed by atoms with E-state index in [-0.39, 0.29) is 167 Å². The van der Waals surface area contributed by atoms with Crippen LogP contribution in [0.5, 0.6) is 0 Å². The average molecular weight is 1600 g/mol. The number of thiocarbonyl (C=S) groups is 3. The number of rotatable bonds is 51. The van der Waals surface area contributed by atoms with Gasteiger partial charge in [-0.05, 0) is 89.7 Å². The molecule has 0 aliphatic heterocycles. The molecule has 0 aliphatic carbocycles. The van der Waals surface area contributed by atoms with E-state index >= 15 is 0 Å². The van der Waals surface area contributed by atoms with Crippen LogP contribution < -0.4 is 0 Å². The first-order valence-corrected chi connectivity index (χ1v) is 30.6. The summed E-state index contributed by atoms with van der Waals surface area (Å²) in [6.45, 7) is -2.47. The van der Waals surface area contributed by atoms with E-state index < -0.39 is 111 Å². The molecule has 544 valence electrons. The average Bonchev–Trinajstić information content (AvgIpc) is 0.909. The first-order valence-electron chi connectivity index (χ1n) is 29.4. The molecule has 0 fully saturated rings. The van der Waals surface area contributed by atoms with Crippen LogP contribution in [0.1, 0.15) is 16.7 Å². The van der Waals surface area contributed by atoms with Gasteiger partial charge in [-0.25, -0.2) is 0 Å². The molecule has 0 saturated carbocycles. The van der Waals surface area contributed by atoms with Gasteiger partial charge >= 0.3 is 121 Å². The fourth-order valence-electron chi connectivity index (χ4n) is 9.05. The molecule has 12 N–H and O–H groups in total. The number of aliphatic imine (C=N–C) groups is 3. The molecule has 0 unspecified atom stereocenters. The van der Waals surface area contributed by atoms with Gasteiger partial charge in [0.1, 0.15) is 0 Å². The number of isothiocyanates is 3. The smallest absolute Gasteiger partial charge is 0.480 e. The molecule has 0 saturated heterocycles. The molecule has 0 aromatic heterocycles. The van der Waals surface area contributed by atoms with Crippen molar-refractivity contribution in [3.63, 3.8) is 0 Å². The zero-order valence-corrected chi connectivity index (χ0v) is 58.6. The number of carboxylic acid groups (broad SMARTS) is 12. The molecular formula is C60H78EuN12O24S3+3. The first kappa shape index (κ1) is 91.9. The third-order valence-electron chi connectivity index (χ3n) is 13.3. The molecule has 0 heterocycles. The summed E-state index contributed by atoms with van der Waals surface area (Å²) in [5.74, 6) is -13.7. The molecule has 36 nitrogen and oxygen atoms in total. The van der Waals surface area contributed by atoms with Gasteiger partial charge in [-0.3, -0.25) is 102 Å². The van der Waals surface area contributed by atoms with E-state index in [1.54, 1.807) is 87.5 Å². The van der Waals surface area contributed by atoms with Crippen LogP contribution in [-0.2, 0) is 77.2 Å². The van der Waals surface area contributed by atoms with Gasteiger partial charge in [0.05, 0.1) is 111 Å². The third kappa shape index (κ3) is 48.6. The van der Waals surface area contributed by atoms with Crippen molar-refractivity contribution >= 4 is 141 Å². The normalized spacial score (nSPS) is 10.8. The van der Waals surface area contributed by atoms with Crippen LogP contribution in [0.15, 0.2) is 87.8 Å². The molecule has 0 spiro atoms. The van der Waals surface area contributed by atoms with E-state index in [1.807, 2.05) is 0 Å². The maximum atomic E-state index is 11.3. The summed E-state index contributed by atoms with van der Waals surface area (Å²) in [5, 5.41) is 116. The Morgan fingerprint density at radius 1 is 0.240 bits per heavy atom. The van der Waals surface area contributed by atoms with Crippen LogP contribution in [-0.4, -0.2) is 350 Å². The second-order valence-electron chi connectivity index (χ2n) is 21.4. The van der Waals surface area contributed by atoms with Crippen molar-refractivity contribution in [2.75, 3.05) is 157 Å². The Morgan fingerprint density at radius 3 is 0.520 bits per heavy atom. The van der Waals surface area contributed by atoms with E-state index in [2.05, 4.69) is 67.1 Å². The Bertz CT molecular complexity index is 2920. The molecule has 0 atom stereocenters. The molecule has 100 heavy (non-hydrogen) atoms. The van der Waals surface area contributed by atoms with E-state index in [9.17, 15) is 88.2 Å². The minimum atomic E-state index is -1.20. The van der Waals surface area contributed by atoms with Crippen molar-refractivity contribution in [2.24, 2.45) is 15.0 Å². The van der Waals surface area contributed by atoms with Crippen LogP contribution in [0.2, 0.25) is 0 Å². The van der Waals surface area contributed by atoms with Crippen LogP contribution in [0.25, 0.3) is 0 Å². The van der Waals surface area contributed by atoms with E-state index in [4.69, 9.17) is 30.6 Å². The summed E-state index contributed by atoms with van der Waals surface area (Å²) < 4.78 is 0. The number of nitrogens with zero attached hydrogens (tertiary/aromatic N) is 12. The fourth-order valence-corrected chi connectivity index (χ4v) is 9.36. The summed E-state index contributed by atoms with van der Waals surface area (Å²) >= 11 is 13.7. The number of aliphatic carboxylic acids is 12. The van der Waals surface area contributed by atoms with Gasteiger partial charge in [-0.2, -0.15) is 15.0 Å². The second kappa shape index (κ2) is 52.9. The molecule has 0 radical (unpaired) electrons. The molecule has 3 rings (SSSR count). The summed E-state index contributed by atoms with van der Waals surface area (Å²) in [6.07, 6.45) is 0. The van der Waals surface area contributed by atoms with Crippen molar-refractivity contribution in [2.45, 2.75) is 19.6 Å². The number of hydrogen-bond donors (Lipinski definition) is 12. The van der Waals surface area contributed by atoms with Crippen LogP contribution in [0.3, 0.4) is 0 Å². The Balaban J connectivity index is 0.00000146. The number of benzene rings is 3. The fraction of sp³-hybridized carbons (Fsp3) is 0.450. The van der Waals surface area contributed by atoms with Crippen molar-refractivity contribution in [3.8, 4) is 0 Å². The Morgan fingerprint density at radius 2 is 0.370 bits per heavy atom. The number of carboxylic acids is 12. The molecule has 3 aromatic carbocycles. The second-order valence-corrected chi connectivity index (χ2v) is 22.0. The van der Waals surface area contributed by atoms with Gasteiger partial charge in [0, 0.05) is 98.2 Å². The monoisotopic (exact) mass is 1600 g/mol. The van der Waals surface area contributed by atoms with E-state index in [0.29, 0.717) is 36.7 Å². The maximum absolute atomic E-state index is 11.3. The van der Waals surface area contributed by atoms with Crippen LogP contribution in [0, 0.1) is 49.4 Å². The summed E-state index contributed by atoms with van der Waals surface area (Å²) in [6, 6.07) is 20.9. The summed E-state index contributed by atoms with van der Waals surface area (Å²) in [4.78, 5) is 158. The van der Waals surface area contributed by atoms with E-state index in [0.717, 1.165) is 16.7 Å². The Labute approximate surface area is 629 Å². The molecule has 3 aromatic rings. The van der Waals surface area contributed by atoms with Gasteiger partial charge in [-0.1, -0.05) is 36.4 Å². The molecular weight excluding hydrogens is 1520 g/mol. The van der Waals surface area contributed by atoms with Crippen LogP contribution >= 0.6 is 36.7 Å². The summed E-state index contributed by atoms with van der Waals surface area (Å²) in [5.41, 5.74) is 4.28. The van der Waals surface area contributed by atoms with Gasteiger partial charge in [-0.15, -0.1) is 0 Å². The first-order chi connectivity index (χ1) is 46.7. The standard InChI is InChI=1S/3C20H26N4O8S.Eu/c3*25-17(26)10-22(6-8-24(12-19(29)30)13-20(31)32)5-7-23(11-18(27)28)9-15-1-3-16(4-2-15)21-14-33;/h3*1-4H,5-13H2,(H,25,26)(H,27,28)(H,29,30)(H,31,32);/q;;;+3. The Hall–Kier alpha value is -8.08. The van der Waals surface area contributed by atoms with Gasteiger partial charge < -0.3 is 61.3 Å². The molecule has 0 amide bonds. The SMILES string of the molecule is O=C(O)CN(CCN(CC(=O)O)CC(=O)O)CCN(CC(=O)O)Cc1ccc(N=C=S)cc1.O=C(O)CN(CCN(CC(=O)O)CC(=O)O)CCN(CC(=O)O)Cc1ccc(N=C=S)cc1.O=C(O)CN(CCN(CC(=O)O)CC(=O)O)CCN(CC(=O)O)Cc1ccc(N=C=S)cc1.[Eu+3]. The minimum absolute atomic E-state index is 0. The van der Waals surface area contributed by atoms with Crippen molar-refractivity contribution in [1.29, 1.82) is 0 Å². The van der Waals surface area contributed by atoms with Gasteiger partial charge in [0.25, 0.3) is 0 Å². The van der Waals surface area contributed by atoms with Gasteiger partial charge in [0.2, 0.25) is 0 Å². The zero-order valence-electron chi connectivity index (χ0n) is 53.8. The number of carbonyl (C=O) groups is 12. The largest absolute Gasteiger partial charge is 3.00 e. The molecule has 0 aliphatic rings. The predicted octanol–water partition coefficient (Wildman–Crippen LogP) is 0.496. The number of hydrogen-bond acceptors (Lipinski definition) is 27. The van der Waals surface area contributed by atoms with Crippen molar-refractivity contribution in [3.05, 3.63) is 89.5 Å². The minimum Gasteiger partial charge on any atom is -0.480 e. The molecule has 40 heteroatoms. The van der Waals surface area contributed by atoms with Gasteiger partial charge in [0.15, 0.2) is 0 Å². The predicted molar refractivity (Wildman–Crippen MR) is 359 cm³/mol. The molecule has 0 bridgehead atoms. The van der Waals surface area contributed by atoms with Crippen LogP contribution in [0.4, 0.5) is 17.1 Å². The van der Waals surface area contributed by atoms with E-state index in [1.165, 1.54) is 29.4 Å². The third-order valence-corrected chi connectivity index (χ3v) is 13.5. The van der Waals surface area contributed by atoms with Crippen molar-refractivity contribution in [1.82, 2.24) is 44.1 Å².